The lowest BCUT2D eigenvalue weighted by Crippen LogP contribution is -2.17. The zero-order chi connectivity index (χ0) is 22.1. The molecule has 1 N–H and O–H groups in total. The Balaban J connectivity index is 1.58. The van der Waals surface area contributed by atoms with Gasteiger partial charge in [0.15, 0.2) is 0 Å². The second kappa shape index (κ2) is 8.22. The highest BCUT2D eigenvalue weighted by molar-refractivity contribution is 5.99. The van der Waals surface area contributed by atoms with E-state index in [0.717, 1.165) is 34.4 Å². The zero-order valence-corrected chi connectivity index (χ0v) is 18.6. The van der Waals surface area contributed by atoms with Crippen LogP contribution in [0.5, 0.6) is 0 Å². The highest BCUT2D eigenvalue weighted by atomic mass is 16.2. The quantitative estimate of drug-likeness (QED) is 0.389. The SMILES string of the molecule is Cc1nn(C)c(C)c1/C=N/NC(=O)c1ccc2c(c1)c(C)c(C)n2Cc1ccccc1. The van der Waals surface area contributed by atoms with Gasteiger partial charge in [0, 0.05) is 47.0 Å². The average molecular weight is 414 g/mol. The summed E-state index contributed by atoms with van der Waals surface area (Å²) in [5.41, 5.74) is 10.8. The van der Waals surface area contributed by atoms with Crippen molar-refractivity contribution < 1.29 is 4.79 Å². The molecule has 4 aromatic rings. The summed E-state index contributed by atoms with van der Waals surface area (Å²) in [5, 5.41) is 9.60. The van der Waals surface area contributed by atoms with Gasteiger partial charge < -0.3 is 4.57 Å². The highest BCUT2D eigenvalue weighted by Gasteiger charge is 2.14. The minimum absolute atomic E-state index is 0.231. The normalized spacial score (nSPS) is 11.5. The number of carbonyl (C=O) groups excluding carboxylic acids is 1. The molecule has 0 radical (unpaired) electrons. The molecular weight excluding hydrogens is 386 g/mol. The number of rotatable bonds is 5. The number of aromatic nitrogens is 3. The average Bonchev–Trinajstić information content (AvgIpc) is 3.15. The first-order valence-electron chi connectivity index (χ1n) is 10.3. The second-order valence-corrected chi connectivity index (χ2v) is 7.92. The number of benzene rings is 2. The van der Waals surface area contributed by atoms with Crippen LogP contribution in [0, 0.1) is 27.7 Å². The number of hydrogen-bond donors (Lipinski definition) is 1. The van der Waals surface area contributed by atoms with E-state index in [2.05, 4.69) is 58.3 Å². The van der Waals surface area contributed by atoms with E-state index >= 15 is 0 Å². The summed E-state index contributed by atoms with van der Waals surface area (Å²) in [6, 6.07) is 16.2. The first-order valence-corrected chi connectivity index (χ1v) is 10.3. The van der Waals surface area contributed by atoms with E-state index in [9.17, 15) is 4.79 Å². The molecule has 1 amide bonds. The van der Waals surface area contributed by atoms with Crippen LogP contribution in [-0.4, -0.2) is 26.5 Å². The molecule has 0 atom stereocenters. The van der Waals surface area contributed by atoms with Gasteiger partial charge in [0.25, 0.3) is 5.91 Å². The molecule has 0 saturated heterocycles. The van der Waals surface area contributed by atoms with Gasteiger partial charge in [0.05, 0.1) is 11.9 Å². The molecule has 0 aliphatic carbocycles. The molecule has 2 aromatic heterocycles. The first kappa shape index (κ1) is 20.6. The number of hydrazone groups is 1. The molecule has 0 aliphatic heterocycles. The van der Waals surface area contributed by atoms with Gasteiger partial charge in [-0.15, -0.1) is 0 Å². The van der Waals surface area contributed by atoms with Crippen molar-refractivity contribution >= 4 is 23.0 Å². The van der Waals surface area contributed by atoms with Gasteiger partial charge in [-0.25, -0.2) is 5.43 Å². The largest absolute Gasteiger partial charge is 0.340 e. The fraction of sp³-hybridized carbons (Fsp3) is 0.240. The van der Waals surface area contributed by atoms with Gasteiger partial charge in [-0.05, 0) is 57.0 Å². The summed E-state index contributed by atoms with van der Waals surface area (Å²) < 4.78 is 4.10. The maximum Gasteiger partial charge on any atom is 0.271 e. The Labute approximate surface area is 182 Å². The first-order chi connectivity index (χ1) is 14.9. The lowest BCUT2D eigenvalue weighted by atomic mass is 10.1. The molecule has 0 spiro atoms. The summed E-state index contributed by atoms with van der Waals surface area (Å²) in [5.74, 6) is -0.231. The Morgan fingerprint density at radius 2 is 1.81 bits per heavy atom. The van der Waals surface area contributed by atoms with E-state index in [-0.39, 0.29) is 5.91 Å². The van der Waals surface area contributed by atoms with Gasteiger partial charge in [-0.2, -0.15) is 10.2 Å². The maximum atomic E-state index is 12.7. The van der Waals surface area contributed by atoms with E-state index in [0.29, 0.717) is 5.56 Å². The summed E-state index contributed by atoms with van der Waals surface area (Å²) in [7, 11) is 1.89. The number of nitrogens with zero attached hydrogens (tertiary/aromatic N) is 4. The van der Waals surface area contributed by atoms with Crippen molar-refractivity contribution in [3.05, 3.63) is 87.9 Å². The van der Waals surface area contributed by atoms with Crippen LogP contribution < -0.4 is 5.43 Å². The van der Waals surface area contributed by atoms with Gasteiger partial charge in [-0.1, -0.05) is 30.3 Å². The van der Waals surface area contributed by atoms with E-state index < -0.39 is 0 Å². The van der Waals surface area contributed by atoms with Crippen molar-refractivity contribution in [2.75, 3.05) is 0 Å². The van der Waals surface area contributed by atoms with Gasteiger partial charge in [0.2, 0.25) is 0 Å². The molecule has 0 bridgehead atoms. The van der Waals surface area contributed by atoms with Crippen molar-refractivity contribution in [1.29, 1.82) is 0 Å². The van der Waals surface area contributed by atoms with Crippen LogP contribution in [0.4, 0.5) is 0 Å². The van der Waals surface area contributed by atoms with Crippen LogP contribution in [0.25, 0.3) is 10.9 Å². The van der Waals surface area contributed by atoms with Gasteiger partial charge in [-0.3, -0.25) is 9.48 Å². The van der Waals surface area contributed by atoms with Crippen LogP contribution in [0.2, 0.25) is 0 Å². The number of hydrogen-bond acceptors (Lipinski definition) is 3. The molecule has 31 heavy (non-hydrogen) atoms. The molecule has 0 aliphatic rings. The van der Waals surface area contributed by atoms with Crippen molar-refractivity contribution in [2.24, 2.45) is 12.1 Å². The Kier molecular flexibility index (Phi) is 5.46. The lowest BCUT2D eigenvalue weighted by Gasteiger charge is -2.09. The molecule has 6 heteroatoms. The summed E-state index contributed by atoms with van der Waals surface area (Å²) in [6.07, 6.45) is 1.65. The van der Waals surface area contributed by atoms with Crippen molar-refractivity contribution in [1.82, 2.24) is 19.8 Å². The number of carbonyl (C=O) groups is 1. The molecule has 6 nitrogen and oxygen atoms in total. The third-order valence-corrected chi connectivity index (χ3v) is 6.01. The van der Waals surface area contributed by atoms with Crippen molar-refractivity contribution in [3.63, 3.8) is 0 Å². The number of amides is 1. The minimum atomic E-state index is -0.231. The monoisotopic (exact) mass is 413 g/mol. The Morgan fingerprint density at radius 1 is 1.06 bits per heavy atom. The number of aryl methyl sites for hydroxylation is 3. The lowest BCUT2D eigenvalue weighted by molar-refractivity contribution is 0.0955. The second-order valence-electron chi connectivity index (χ2n) is 7.92. The molecule has 0 unspecified atom stereocenters. The number of nitrogens with one attached hydrogen (secondary N) is 1. The molecule has 2 aromatic carbocycles. The molecule has 158 valence electrons. The van der Waals surface area contributed by atoms with Crippen LogP contribution in [0.15, 0.2) is 53.6 Å². The fourth-order valence-corrected chi connectivity index (χ4v) is 3.96. The summed E-state index contributed by atoms with van der Waals surface area (Å²) >= 11 is 0. The summed E-state index contributed by atoms with van der Waals surface area (Å²) in [4.78, 5) is 12.7. The molecule has 2 heterocycles. The highest BCUT2D eigenvalue weighted by Crippen LogP contribution is 2.27. The van der Waals surface area contributed by atoms with Crippen LogP contribution in [0.3, 0.4) is 0 Å². The van der Waals surface area contributed by atoms with E-state index in [4.69, 9.17) is 0 Å². The topological polar surface area (TPSA) is 64.2 Å². The third kappa shape index (κ3) is 3.89. The zero-order valence-electron chi connectivity index (χ0n) is 18.6. The van der Waals surface area contributed by atoms with E-state index in [1.165, 1.54) is 16.8 Å². The van der Waals surface area contributed by atoms with Gasteiger partial charge in [0.1, 0.15) is 0 Å². The predicted molar refractivity (Wildman–Crippen MR) is 125 cm³/mol. The molecular formula is C25H27N5O. The predicted octanol–water partition coefficient (Wildman–Crippen LogP) is 4.42. The molecule has 0 fully saturated rings. The number of fused-ring (bicyclic) bond motifs is 1. The fourth-order valence-electron chi connectivity index (χ4n) is 3.96. The van der Waals surface area contributed by atoms with Crippen molar-refractivity contribution in [3.8, 4) is 0 Å². The van der Waals surface area contributed by atoms with Gasteiger partial charge >= 0.3 is 0 Å². The summed E-state index contributed by atoms with van der Waals surface area (Å²) in [6.45, 7) is 8.93. The maximum absolute atomic E-state index is 12.7. The van der Waals surface area contributed by atoms with E-state index in [1.54, 1.807) is 10.9 Å². The third-order valence-electron chi connectivity index (χ3n) is 6.01. The van der Waals surface area contributed by atoms with Crippen molar-refractivity contribution in [2.45, 2.75) is 34.2 Å². The van der Waals surface area contributed by atoms with Crippen LogP contribution in [0.1, 0.15) is 44.1 Å². The van der Waals surface area contributed by atoms with Crippen LogP contribution >= 0.6 is 0 Å². The van der Waals surface area contributed by atoms with Crippen LogP contribution in [-0.2, 0) is 13.6 Å². The Hall–Kier alpha value is -3.67. The Bertz CT molecular complexity index is 1290. The Morgan fingerprint density at radius 3 is 2.48 bits per heavy atom. The molecule has 0 saturated carbocycles. The molecule has 4 rings (SSSR count). The minimum Gasteiger partial charge on any atom is -0.340 e. The smallest absolute Gasteiger partial charge is 0.271 e. The van der Waals surface area contributed by atoms with E-state index in [1.807, 2.05) is 45.2 Å². The standard InChI is InChI=1S/C25H27N5O/c1-16-18(3)30(15-20-9-7-6-8-10-20)24-12-11-21(13-22(16)24)25(31)27-26-14-23-17(2)28-29(5)19(23)4/h6-14H,15H2,1-5H3,(H,27,31)/b26-14+.